The second kappa shape index (κ2) is 5.60. The lowest BCUT2D eigenvalue weighted by molar-refractivity contribution is -0.384. The van der Waals surface area contributed by atoms with Crippen LogP contribution in [-0.2, 0) is 16.0 Å². The second-order valence-corrected chi connectivity index (χ2v) is 4.23. The molecule has 0 saturated heterocycles. The largest absolute Gasteiger partial charge is 0.468 e. The van der Waals surface area contributed by atoms with Crippen LogP contribution in [0.1, 0.15) is 5.56 Å². The Labute approximate surface area is 101 Å². The molecule has 0 bridgehead atoms. The van der Waals surface area contributed by atoms with E-state index in [4.69, 9.17) is 0 Å². The summed E-state index contributed by atoms with van der Waals surface area (Å²) in [6.45, 7) is 0. The van der Waals surface area contributed by atoms with Crippen LogP contribution < -0.4 is 0 Å². The van der Waals surface area contributed by atoms with Crippen LogP contribution in [0.2, 0.25) is 0 Å². The second-order valence-electron chi connectivity index (χ2n) is 3.12. The number of hydrogen-bond acceptors (Lipinski definition) is 4. The summed E-state index contributed by atoms with van der Waals surface area (Å²) < 4.78 is 4.54. The van der Waals surface area contributed by atoms with Gasteiger partial charge in [-0.1, -0.05) is 28.1 Å². The summed E-state index contributed by atoms with van der Waals surface area (Å²) in [5.41, 5.74) is 0.726. The third-order valence-corrected chi connectivity index (χ3v) is 2.69. The van der Waals surface area contributed by atoms with Crippen molar-refractivity contribution >= 4 is 27.6 Å². The highest BCUT2D eigenvalue weighted by atomic mass is 79.9. The number of benzene rings is 1. The Hall–Kier alpha value is -1.43. The van der Waals surface area contributed by atoms with E-state index in [0.717, 1.165) is 0 Å². The van der Waals surface area contributed by atoms with E-state index in [1.807, 2.05) is 0 Å². The molecule has 0 saturated carbocycles. The van der Waals surface area contributed by atoms with Crippen molar-refractivity contribution in [3.05, 3.63) is 39.9 Å². The molecule has 86 valence electrons. The number of nitrogens with zero attached hydrogens (tertiary/aromatic N) is 1. The van der Waals surface area contributed by atoms with Crippen LogP contribution in [0.15, 0.2) is 24.3 Å². The molecule has 0 aliphatic rings. The fourth-order valence-electron chi connectivity index (χ4n) is 1.22. The zero-order valence-electron chi connectivity index (χ0n) is 8.55. The maximum atomic E-state index is 11.1. The average Bonchev–Trinajstić information content (AvgIpc) is 2.28. The average molecular weight is 288 g/mol. The van der Waals surface area contributed by atoms with Gasteiger partial charge >= 0.3 is 5.97 Å². The lowest BCUT2D eigenvalue weighted by atomic mass is 10.1. The van der Waals surface area contributed by atoms with Gasteiger partial charge in [-0.2, -0.15) is 0 Å². The van der Waals surface area contributed by atoms with E-state index in [0.29, 0.717) is 12.0 Å². The molecule has 1 aromatic carbocycles. The summed E-state index contributed by atoms with van der Waals surface area (Å²) in [6.07, 6.45) is 0.356. The van der Waals surface area contributed by atoms with Crippen molar-refractivity contribution < 1.29 is 14.5 Å². The van der Waals surface area contributed by atoms with Gasteiger partial charge in [-0.25, -0.2) is 0 Å². The fourth-order valence-corrected chi connectivity index (χ4v) is 1.78. The van der Waals surface area contributed by atoms with Crippen LogP contribution in [0.4, 0.5) is 5.69 Å². The molecule has 0 aliphatic carbocycles. The number of carbonyl (C=O) groups excluding carboxylic acids is 1. The first-order chi connectivity index (χ1) is 7.54. The smallest absolute Gasteiger partial charge is 0.319 e. The van der Waals surface area contributed by atoms with Crippen LogP contribution in [-0.4, -0.2) is 22.8 Å². The van der Waals surface area contributed by atoms with E-state index in [2.05, 4.69) is 20.7 Å². The number of nitro groups is 1. The molecule has 0 aliphatic heterocycles. The molecular formula is C10H10BrNO4. The SMILES string of the molecule is COC(=O)C(Br)Cc1cccc([N+](=O)[O-])c1. The molecular weight excluding hydrogens is 278 g/mol. The van der Waals surface area contributed by atoms with Gasteiger partial charge in [0.15, 0.2) is 0 Å². The highest BCUT2D eigenvalue weighted by molar-refractivity contribution is 9.10. The third kappa shape index (κ3) is 3.30. The number of non-ortho nitro benzene ring substituents is 1. The van der Waals surface area contributed by atoms with E-state index < -0.39 is 15.7 Å². The molecule has 1 rings (SSSR count). The first kappa shape index (κ1) is 12.6. The summed E-state index contributed by atoms with van der Waals surface area (Å²) in [4.78, 5) is 20.7. The zero-order chi connectivity index (χ0) is 12.1. The molecule has 0 fully saturated rings. The molecule has 0 N–H and O–H groups in total. The summed E-state index contributed by atoms with van der Waals surface area (Å²) in [6, 6.07) is 6.16. The molecule has 1 aromatic rings. The Morgan fingerprint density at radius 2 is 2.31 bits per heavy atom. The molecule has 0 aromatic heterocycles. The molecule has 16 heavy (non-hydrogen) atoms. The molecule has 1 unspecified atom stereocenters. The number of ether oxygens (including phenoxy) is 1. The van der Waals surface area contributed by atoms with Gasteiger partial charge in [-0.05, 0) is 12.0 Å². The summed E-state index contributed by atoms with van der Waals surface area (Å²) in [5.74, 6) is -0.397. The van der Waals surface area contributed by atoms with Gasteiger partial charge in [0.25, 0.3) is 5.69 Å². The molecule has 1 atom stereocenters. The van der Waals surface area contributed by atoms with E-state index in [-0.39, 0.29) is 5.69 Å². The van der Waals surface area contributed by atoms with Crippen molar-refractivity contribution in [1.82, 2.24) is 0 Å². The lowest BCUT2D eigenvalue weighted by Gasteiger charge is -2.06. The van der Waals surface area contributed by atoms with Crippen molar-refractivity contribution in [2.24, 2.45) is 0 Å². The molecule has 0 heterocycles. The summed E-state index contributed by atoms with van der Waals surface area (Å²) in [5, 5.41) is 10.5. The molecule has 5 nitrogen and oxygen atoms in total. The van der Waals surface area contributed by atoms with E-state index in [9.17, 15) is 14.9 Å². The van der Waals surface area contributed by atoms with Gasteiger partial charge in [-0.15, -0.1) is 0 Å². The van der Waals surface area contributed by atoms with E-state index >= 15 is 0 Å². The van der Waals surface area contributed by atoms with Gasteiger partial charge < -0.3 is 4.74 Å². The van der Waals surface area contributed by atoms with Crippen LogP contribution in [0.5, 0.6) is 0 Å². The van der Waals surface area contributed by atoms with Gasteiger partial charge in [0.1, 0.15) is 4.83 Å². The first-order valence-corrected chi connectivity index (χ1v) is 5.41. The molecule has 6 heteroatoms. The Balaban J connectivity index is 2.78. The molecule has 0 spiro atoms. The Bertz CT molecular complexity index is 408. The van der Waals surface area contributed by atoms with Gasteiger partial charge in [-0.3, -0.25) is 14.9 Å². The van der Waals surface area contributed by atoms with Crippen LogP contribution >= 0.6 is 15.9 Å². The van der Waals surface area contributed by atoms with Gasteiger partial charge in [0.05, 0.1) is 12.0 Å². The topological polar surface area (TPSA) is 69.4 Å². The monoisotopic (exact) mass is 287 g/mol. The highest BCUT2D eigenvalue weighted by Crippen LogP contribution is 2.17. The van der Waals surface area contributed by atoms with E-state index in [1.165, 1.54) is 19.2 Å². The van der Waals surface area contributed by atoms with Crippen LogP contribution in [0, 0.1) is 10.1 Å². The van der Waals surface area contributed by atoms with E-state index in [1.54, 1.807) is 12.1 Å². The van der Waals surface area contributed by atoms with Crippen molar-refractivity contribution in [2.75, 3.05) is 7.11 Å². The number of rotatable bonds is 4. The standard InChI is InChI=1S/C10H10BrNO4/c1-16-10(13)9(11)6-7-3-2-4-8(5-7)12(14)15/h2-5,9H,6H2,1H3. The maximum absolute atomic E-state index is 11.1. The lowest BCUT2D eigenvalue weighted by Crippen LogP contribution is -2.18. The normalized spacial score (nSPS) is 11.9. The minimum Gasteiger partial charge on any atom is -0.468 e. The number of nitro benzene ring substituents is 1. The summed E-state index contributed by atoms with van der Waals surface area (Å²) >= 11 is 3.16. The number of methoxy groups -OCH3 is 1. The van der Waals surface area contributed by atoms with Crippen LogP contribution in [0.25, 0.3) is 0 Å². The quantitative estimate of drug-likeness (QED) is 0.368. The third-order valence-electron chi connectivity index (χ3n) is 1.99. The minimum absolute atomic E-state index is 0.0158. The van der Waals surface area contributed by atoms with Crippen molar-refractivity contribution in [1.29, 1.82) is 0 Å². The first-order valence-electron chi connectivity index (χ1n) is 4.50. The molecule has 0 amide bonds. The van der Waals surface area contributed by atoms with Crippen molar-refractivity contribution in [3.8, 4) is 0 Å². The summed E-state index contributed by atoms with van der Waals surface area (Å²) in [7, 11) is 1.30. The van der Waals surface area contributed by atoms with Crippen molar-refractivity contribution in [3.63, 3.8) is 0 Å². The number of hydrogen-bond donors (Lipinski definition) is 0. The number of carbonyl (C=O) groups is 1. The Morgan fingerprint density at radius 1 is 1.62 bits per heavy atom. The number of alkyl halides is 1. The zero-order valence-corrected chi connectivity index (χ0v) is 10.1. The van der Waals surface area contributed by atoms with Crippen LogP contribution in [0.3, 0.4) is 0 Å². The maximum Gasteiger partial charge on any atom is 0.319 e. The minimum atomic E-state index is -0.487. The number of halogens is 1. The fraction of sp³-hybridized carbons (Fsp3) is 0.300. The Kier molecular flexibility index (Phi) is 4.42. The predicted octanol–water partition coefficient (Wildman–Crippen LogP) is 2.07. The highest BCUT2D eigenvalue weighted by Gasteiger charge is 2.16. The predicted molar refractivity (Wildman–Crippen MR) is 61.5 cm³/mol. The van der Waals surface area contributed by atoms with Gasteiger partial charge in [0.2, 0.25) is 0 Å². The van der Waals surface area contributed by atoms with Gasteiger partial charge in [0, 0.05) is 12.1 Å². The van der Waals surface area contributed by atoms with Crippen molar-refractivity contribution in [2.45, 2.75) is 11.2 Å². The Morgan fingerprint density at radius 3 is 2.88 bits per heavy atom. The number of esters is 1. The molecule has 0 radical (unpaired) electrons.